The molecule has 2 rings (SSSR count). The van der Waals surface area contributed by atoms with Crippen molar-refractivity contribution in [3.8, 4) is 0 Å². The summed E-state index contributed by atoms with van der Waals surface area (Å²) in [4.78, 5) is 5.02. The average molecular weight is 306 g/mol. The molecule has 0 atom stereocenters. The fourth-order valence-corrected chi connectivity index (χ4v) is 3.58. The lowest BCUT2D eigenvalue weighted by Gasteiger charge is -2.13. The molecule has 0 amide bonds. The summed E-state index contributed by atoms with van der Waals surface area (Å²) in [5.74, 6) is -1.16. The first-order valence-electron chi connectivity index (χ1n) is 5.62. The lowest BCUT2D eigenvalue weighted by Crippen LogP contribution is -2.23. The van der Waals surface area contributed by atoms with Crippen molar-refractivity contribution >= 4 is 26.5 Å². The fraction of sp³-hybridized carbons (Fsp3) is 0.417. The number of sulfone groups is 1. The van der Waals surface area contributed by atoms with Gasteiger partial charge in [0.25, 0.3) is 0 Å². The van der Waals surface area contributed by atoms with Crippen molar-refractivity contribution in [2.24, 2.45) is 5.16 Å². The highest BCUT2D eigenvalue weighted by molar-refractivity contribution is 8.05. The van der Waals surface area contributed by atoms with Gasteiger partial charge in [-0.2, -0.15) is 0 Å². The summed E-state index contributed by atoms with van der Waals surface area (Å²) in [6.07, 6.45) is 0.168. The van der Waals surface area contributed by atoms with Crippen molar-refractivity contribution in [3.63, 3.8) is 0 Å². The van der Waals surface area contributed by atoms with Crippen LogP contribution < -0.4 is 0 Å². The van der Waals surface area contributed by atoms with Crippen LogP contribution in [-0.4, -0.2) is 19.1 Å². The third kappa shape index (κ3) is 3.06. The standard InChI is InChI=1S/C12H13ClFNO3S/c1-12(2)6-11(15-18-12)19(16,17)7-8-9(13)4-3-5-10(8)14/h3-5H,6-7H2,1-2H3. The molecular weight excluding hydrogens is 293 g/mol. The van der Waals surface area contributed by atoms with Gasteiger partial charge in [0, 0.05) is 17.0 Å². The predicted octanol–water partition coefficient (Wildman–Crippen LogP) is 2.91. The molecule has 0 fully saturated rings. The van der Waals surface area contributed by atoms with E-state index in [1.54, 1.807) is 13.8 Å². The van der Waals surface area contributed by atoms with Crippen LogP contribution in [0.3, 0.4) is 0 Å². The van der Waals surface area contributed by atoms with E-state index in [0.717, 1.165) is 0 Å². The quantitative estimate of drug-likeness (QED) is 0.844. The number of hydrogen-bond acceptors (Lipinski definition) is 4. The number of hydrogen-bond donors (Lipinski definition) is 0. The summed E-state index contributed by atoms with van der Waals surface area (Å²) in [7, 11) is -3.73. The highest BCUT2D eigenvalue weighted by Gasteiger charge is 2.36. The summed E-state index contributed by atoms with van der Waals surface area (Å²) in [6, 6.07) is 4.05. The Morgan fingerprint density at radius 1 is 1.47 bits per heavy atom. The summed E-state index contributed by atoms with van der Waals surface area (Å²) < 4.78 is 37.9. The molecule has 104 valence electrons. The topological polar surface area (TPSA) is 55.7 Å². The van der Waals surface area contributed by atoms with Crippen molar-refractivity contribution in [1.82, 2.24) is 0 Å². The Morgan fingerprint density at radius 3 is 2.68 bits per heavy atom. The van der Waals surface area contributed by atoms with E-state index < -0.39 is 27.0 Å². The van der Waals surface area contributed by atoms with Gasteiger partial charge in [-0.3, -0.25) is 0 Å². The second-order valence-corrected chi connectivity index (χ2v) is 7.37. The van der Waals surface area contributed by atoms with Gasteiger partial charge in [-0.1, -0.05) is 22.8 Å². The predicted molar refractivity (Wildman–Crippen MR) is 71.2 cm³/mol. The van der Waals surface area contributed by atoms with Crippen molar-refractivity contribution in [1.29, 1.82) is 0 Å². The molecule has 0 saturated carbocycles. The first kappa shape index (κ1) is 14.3. The van der Waals surface area contributed by atoms with Crippen LogP contribution in [0.2, 0.25) is 5.02 Å². The van der Waals surface area contributed by atoms with E-state index in [4.69, 9.17) is 16.4 Å². The molecule has 1 aliphatic rings. The van der Waals surface area contributed by atoms with Gasteiger partial charge in [0.2, 0.25) is 0 Å². The SMILES string of the molecule is CC1(C)CC(S(=O)(=O)Cc2c(F)cccc2Cl)=NO1. The van der Waals surface area contributed by atoms with E-state index in [1.807, 2.05) is 0 Å². The molecule has 0 aromatic heterocycles. The van der Waals surface area contributed by atoms with Crippen LogP contribution in [0.1, 0.15) is 25.8 Å². The Kier molecular flexibility index (Phi) is 3.57. The fourth-order valence-electron chi connectivity index (χ4n) is 1.71. The van der Waals surface area contributed by atoms with Gasteiger partial charge in [0.1, 0.15) is 11.4 Å². The van der Waals surface area contributed by atoms with Crippen LogP contribution in [0.4, 0.5) is 4.39 Å². The van der Waals surface area contributed by atoms with E-state index in [9.17, 15) is 12.8 Å². The average Bonchev–Trinajstić information content (AvgIpc) is 2.65. The summed E-state index contributed by atoms with van der Waals surface area (Å²) in [6.45, 7) is 3.46. The van der Waals surface area contributed by atoms with E-state index in [1.165, 1.54) is 18.2 Å². The van der Waals surface area contributed by atoms with Crippen molar-refractivity contribution in [3.05, 3.63) is 34.6 Å². The minimum absolute atomic E-state index is 0.0448. The summed E-state index contributed by atoms with van der Waals surface area (Å²) in [5, 5.41) is 3.59. The van der Waals surface area contributed by atoms with Gasteiger partial charge in [-0.15, -0.1) is 0 Å². The molecule has 1 heterocycles. The second kappa shape index (κ2) is 4.76. The third-order valence-electron chi connectivity index (χ3n) is 2.73. The van der Waals surface area contributed by atoms with Gasteiger partial charge < -0.3 is 4.84 Å². The Bertz CT molecular complexity index is 620. The van der Waals surface area contributed by atoms with Gasteiger partial charge in [0.05, 0.1) is 5.75 Å². The smallest absolute Gasteiger partial charge is 0.199 e. The Balaban J connectivity index is 2.29. The molecule has 0 bridgehead atoms. The Morgan fingerprint density at radius 2 is 2.16 bits per heavy atom. The minimum Gasteiger partial charge on any atom is -0.389 e. The lowest BCUT2D eigenvalue weighted by molar-refractivity contribution is 0.0123. The molecule has 1 aromatic carbocycles. The number of halogens is 2. The zero-order valence-corrected chi connectivity index (χ0v) is 12.1. The molecule has 0 N–H and O–H groups in total. The lowest BCUT2D eigenvalue weighted by atomic mass is 10.1. The van der Waals surface area contributed by atoms with Crippen LogP contribution in [0.15, 0.2) is 23.4 Å². The molecule has 0 spiro atoms. The molecule has 19 heavy (non-hydrogen) atoms. The number of nitrogens with zero attached hydrogens (tertiary/aromatic N) is 1. The Hall–Kier alpha value is -1.14. The van der Waals surface area contributed by atoms with Gasteiger partial charge in [-0.05, 0) is 26.0 Å². The molecule has 4 nitrogen and oxygen atoms in total. The van der Waals surface area contributed by atoms with Gasteiger partial charge in [-0.25, -0.2) is 12.8 Å². The van der Waals surface area contributed by atoms with E-state index in [2.05, 4.69) is 5.16 Å². The van der Waals surface area contributed by atoms with Crippen molar-refractivity contribution in [2.45, 2.75) is 31.6 Å². The van der Waals surface area contributed by atoms with Crippen LogP contribution >= 0.6 is 11.6 Å². The molecule has 0 radical (unpaired) electrons. The molecule has 0 saturated heterocycles. The monoisotopic (exact) mass is 305 g/mol. The van der Waals surface area contributed by atoms with Crippen molar-refractivity contribution < 1.29 is 17.6 Å². The Labute approximate surface area is 116 Å². The number of rotatable bonds is 2. The van der Waals surface area contributed by atoms with E-state index in [0.29, 0.717) is 0 Å². The molecule has 7 heteroatoms. The highest BCUT2D eigenvalue weighted by atomic mass is 35.5. The molecule has 0 aliphatic carbocycles. The number of benzene rings is 1. The summed E-state index contributed by atoms with van der Waals surface area (Å²) in [5.41, 5.74) is -0.696. The maximum absolute atomic E-state index is 13.6. The van der Waals surface area contributed by atoms with Crippen LogP contribution in [0, 0.1) is 5.82 Å². The zero-order chi connectivity index (χ0) is 14.3. The summed E-state index contributed by atoms with van der Waals surface area (Å²) >= 11 is 5.82. The molecule has 0 unspecified atom stereocenters. The van der Waals surface area contributed by atoms with Crippen LogP contribution in [-0.2, 0) is 20.4 Å². The normalized spacial score (nSPS) is 18.0. The van der Waals surface area contributed by atoms with E-state index in [-0.39, 0.29) is 22.1 Å². The van der Waals surface area contributed by atoms with Gasteiger partial charge in [0.15, 0.2) is 14.9 Å². The largest absolute Gasteiger partial charge is 0.389 e. The van der Waals surface area contributed by atoms with Crippen LogP contribution in [0.5, 0.6) is 0 Å². The third-order valence-corrected chi connectivity index (χ3v) is 4.69. The molecule has 1 aromatic rings. The first-order chi connectivity index (χ1) is 8.71. The minimum atomic E-state index is -3.73. The maximum Gasteiger partial charge on any atom is 0.199 e. The molecule has 1 aliphatic heterocycles. The second-order valence-electron chi connectivity index (χ2n) is 4.97. The highest BCUT2D eigenvalue weighted by Crippen LogP contribution is 2.28. The number of oxime groups is 1. The molecular formula is C12H13ClFNO3S. The van der Waals surface area contributed by atoms with Gasteiger partial charge >= 0.3 is 0 Å². The van der Waals surface area contributed by atoms with E-state index >= 15 is 0 Å². The maximum atomic E-state index is 13.6. The first-order valence-corrected chi connectivity index (χ1v) is 7.65. The van der Waals surface area contributed by atoms with Crippen molar-refractivity contribution in [2.75, 3.05) is 0 Å². The van der Waals surface area contributed by atoms with Crippen LogP contribution in [0.25, 0.3) is 0 Å². The zero-order valence-electron chi connectivity index (χ0n) is 10.5.